The molecule has 1 aromatic carbocycles. The summed E-state index contributed by atoms with van der Waals surface area (Å²) in [5, 5.41) is 9.09. The van der Waals surface area contributed by atoms with E-state index in [1.807, 2.05) is 38.3 Å². The van der Waals surface area contributed by atoms with Crippen molar-refractivity contribution in [1.29, 1.82) is 0 Å². The maximum atomic E-state index is 11.8. The average Bonchev–Trinajstić information content (AvgIpc) is 3.04. The summed E-state index contributed by atoms with van der Waals surface area (Å²) in [5.41, 5.74) is 0.105. The monoisotopic (exact) mass is 363 g/mol. The van der Waals surface area contributed by atoms with Gasteiger partial charge in [0.15, 0.2) is 0 Å². The van der Waals surface area contributed by atoms with Gasteiger partial charge in [0.2, 0.25) is 0 Å². The van der Waals surface area contributed by atoms with E-state index in [2.05, 4.69) is 22.5 Å². The third-order valence-corrected chi connectivity index (χ3v) is 4.08. The van der Waals surface area contributed by atoms with Crippen LogP contribution in [-0.2, 0) is 4.74 Å². The molecule has 1 atom stereocenters. The van der Waals surface area contributed by atoms with Crippen molar-refractivity contribution in [2.24, 2.45) is 0 Å². The van der Waals surface area contributed by atoms with E-state index >= 15 is 0 Å². The molecule has 0 saturated carbocycles. The Kier molecular flexibility index (Phi) is 6.78. The Bertz CT molecular complexity index is 668. The second-order valence-electron chi connectivity index (χ2n) is 6.55. The fraction of sp³-hybridized carbons (Fsp3) is 0.444. The lowest BCUT2D eigenvalue weighted by molar-refractivity contribution is 0.0636. The Morgan fingerprint density at radius 1 is 1.36 bits per heavy atom. The van der Waals surface area contributed by atoms with Crippen LogP contribution in [0.2, 0.25) is 0 Å². The van der Waals surface area contributed by atoms with E-state index in [0.29, 0.717) is 24.6 Å². The Hall–Kier alpha value is -2.12. The number of nitrogens with one attached hydrogen (secondary N) is 2. The lowest BCUT2D eigenvalue weighted by Crippen LogP contribution is -2.27. The molecule has 0 aliphatic heterocycles. The normalized spacial score (nSPS) is 12.5. The largest absolute Gasteiger partial charge is 0.492 e. The van der Waals surface area contributed by atoms with Crippen LogP contribution in [-0.4, -0.2) is 29.8 Å². The number of benzene rings is 1. The van der Waals surface area contributed by atoms with Crippen LogP contribution in [0.4, 0.5) is 10.5 Å². The minimum absolute atomic E-state index is 0.198. The summed E-state index contributed by atoms with van der Waals surface area (Å²) >= 11 is 1.63. The number of hydrogen-bond acceptors (Lipinski definition) is 6. The van der Waals surface area contributed by atoms with Crippen molar-refractivity contribution in [3.05, 3.63) is 40.8 Å². The first kappa shape index (κ1) is 19.2. The lowest BCUT2D eigenvalue weighted by Gasteiger charge is -2.19. The van der Waals surface area contributed by atoms with E-state index in [1.165, 1.54) is 0 Å². The number of carbonyl (C=O) groups excluding carboxylic acids is 1. The van der Waals surface area contributed by atoms with Crippen LogP contribution < -0.4 is 15.4 Å². The van der Waals surface area contributed by atoms with Gasteiger partial charge in [-0.15, -0.1) is 11.3 Å². The Morgan fingerprint density at radius 3 is 2.84 bits per heavy atom. The number of hydrogen-bond donors (Lipinski definition) is 2. The SMILES string of the molecule is CC(NCCOc1cccc(NC(=O)OC(C)(C)C)c1)c1nccs1. The smallest absolute Gasteiger partial charge is 0.412 e. The van der Waals surface area contributed by atoms with Gasteiger partial charge < -0.3 is 14.8 Å². The summed E-state index contributed by atoms with van der Waals surface area (Å²) in [5.74, 6) is 0.692. The molecule has 1 aromatic heterocycles. The summed E-state index contributed by atoms with van der Waals surface area (Å²) in [7, 11) is 0. The standard InChI is InChI=1S/C18H25N3O3S/c1-13(16-20-9-11-25-16)19-8-10-23-15-7-5-6-14(12-15)21-17(22)24-18(2,3)4/h5-7,9,11-13,19H,8,10H2,1-4H3,(H,21,22). The Balaban J connectivity index is 1.76. The van der Waals surface area contributed by atoms with Gasteiger partial charge in [-0.3, -0.25) is 5.32 Å². The second kappa shape index (κ2) is 8.82. The summed E-state index contributed by atoms with van der Waals surface area (Å²) in [6.45, 7) is 8.77. The molecular formula is C18H25N3O3S. The molecular weight excluding hydrogens is 338 g/mol. The van der Waals surface area contributed by atoms with Crippen LogP contribution in [0.25, 0.3) is 0 Å². The molecule has 0 fully saturated rings. The molecule has 1 heterocycles. The summed E-state index contributed by atoms with van der Waals surface area (Å²) in [4.78, 5) is 16.1. The van der Waals surface area contributed by atoms with Crippen molar-refractivity contribution < 1.29 is 14.3 Å². The molecule has 2 N–H and O–H groups in total. The van der Waals surface area contributed by atoms with E-state index < -0.39 is 11.7 Å². The highest BCUT2D eigenvalue weighted by molar-refractivity contribution is 7.09. The second-order valence-corrected chi connectivity index (χ2v) is 7.48. The van der Waals surface area contributed by atoms with Crippen LogP contribution in [0.5, 0.6) is 5.75 Å². The number of aromatic nitrogens is 1. The maximum absolute atomic E-state index is 11.8. The number of rotatable bonds is 7. The number of amides is 1. The third kappa shape index (κ3) is 7.11. The minimum Gasteiger partial charge on any atom is -0.492 e. The van der Waals surface area contributed by atoms with Crippen LogP contribution in [0.15, 0.2) is 35.8 Å². The summed E-state index contributed by atoms with van der Waals surface area (Å²) in [6, 6.07) is 7.44. The zero-order valence-electron chi connectivity index (χ0n) is 15.0. The fourth-order valence-electron chi connectivity index (χ4n) is 2.07. The van der Waals surface area contributed by atoms with Gasteiger partial charge in [-0.2, -0.15) is 0 Å². The summed E-state index contributed by atoms with van der Waals surface area (Å²) in [6.07, 6.45) is 1.32. The van der Waals surface area contributed by atoms with Gasteiger partial charge in [-0.05, 0) is 39.8 Å². The van der Waals surface area contributed by atoms with Crippen LogP contribution in [0.1, 0.15) is 38.7 Å². The van der Waals surface area contributed by atoms with E-state index in [9.17, 15) is 4.79 Å². The molecule has 2 rings (SSSR count). The quantitative estimate of drug-likeness (QED) is 0.721. The first-order chi connectivity index (χ1) is 11.8. The highest BCUT2D eigenvalue weighted by Gasteiger charge is 2.16. The van der Waals surface area contributed by atoms with E-state index in [-0.39, 0.29) is 6.04 Å². The van der Waals surface area contributed by atoms with Gasteiger partial charge in [-0.25, -0.2) is 9.78 Å². The van der Waals surface area contributed by atoms with Gasteiger partial charge in [0, 0.05) is 29.9 Å². The van der Waals surface area contributed by atoms with Crippen molar-refractivity contribution in [3.8, 4) is 5.75 Å². The van der Waals surface area contributed by atoms with E-state index in [1.54, 1.807) is 29.7 Å². The van der Waals surface area contributed by atoms with Crippen molar-refractivity contribution in [2.45, 2.75) is 39.3 Å². The highest BCUT2D eigenvalue weighted by atomic mass is 32.1. The van der Waals surface area contributed by atoms with Gasteiger partial charge in [0.1, 0.15) is 23.0 Å². The van der Waals surface area contributed by atoms with Crippen LogP contribution >= 0.6 is 11.3 Å². The summed E-state index contributed by atoms with van der Waals surface area (Å²) < 4.78 is 11.0. The number of thiazole rings is 1. The minimum atomic E-state index is -0.530. The first-order valence-electron chi connectivity index (χ1n) is 8.19. The zero-order valence-corrected chi connectivity index (χ0v) is 15.9. The van der Waals surface area contributed by atoms with Gasteiger partial charge in [-0.1, -0.05) is 6.07 Å². The van der Waals surface area contributed by atoms with Crippen molar-refractivity contribution in [1.82, 2.24) is 10.3 Å². The molecule has 136 valence electrons. The van der Waals surface area contributed by atoms with Gasteiger partial charge in [0.05, 0.1) is 6.04 Å². The van der Waals surface area contributed by atoms with Crippen LogP contribution in [0.3, 0.4) is 0 Å². The maximum Gasteiger partial charge on any atom is 0.412 e. The average molecular weight is 363 g/mol. The molecule has 7 heteroatoms. The molecule has 6 nitrogen and oxygen atoms in total. The zero-order chi connectivity index (χ0) is 18.3. The number of carbonyl (C=O) groups is 1. The van der Waals surface area contributed by atoms with E-state index in [4.69, 9.17) is 9.47 Å². The van der Waals surface area contributed by atoms with Crippen molar-refractivity contribution in [2.75, 3.05) is 18.5 Å². The topological polar surface area (TPSA) is 72.5 Å². The third-order valence-electron chi connectivity index (χ3n) is 3.12. The number of nitrogens with zero attached hydrogens (tertiary/aromatic N) is 1. The number of anilines is 1. The lowest BCUT2D eigenvalue weighted by atomic mass is 10.2. The van der Waals surface area contributed by atoms with Gasteiger partial charge in [0.25, 0.3) is 0 Å². The Morgan fingerprint density at radius 2 is 2.16 bits per heavy atom. The molecule has 25 heavy (non-hydrogen) atoms. The molecule has 0 bridgehead atoms. The molecule has 1 amide bonds. The molecule has 2 aromatic rings. The predicted molar refractivity (Wildman–Crippen MR) is 100 cm³/mol. The Labute approximate surface area is 152 Å². The molecule has 0 aliphatic rings. The molecule has 0 radical (unpaired) electrons. The molecule has 1 unspecified atom stereocenters. The highest BCUT2D eigenvalue weighted by Crippen LogP contribution is 2.19. The molecule has 0 aliphatic carbocycles. The van der Waals surface area contributed by atoms with Gasteiger partial charge >= 0.3 is 6.09 Å². The van der Waals surface area contributed by atoms with Crippen molar-refractivity contribution >= 4 is 23.1 Å². The molecule has 0 saturated heterocycles. The number of ether oxygens (including phenoxy) is 2. The fourth-order valence-corrected chi connectivity index (χ4v) is 2.74. The van der Waals surface area contributed by atoms with Crippen molar-refractivity contribution in [3.63, 3.8) is 0 Å². The molecule has 0 spiro atoms. The van der Waals surface area contributed by atoms with E-state index in [0.717, 1.165) is 5.01 Å². The predicted octanol–water partition coefficient (Wildman–Crippen LogP) is 4.22. The van der Waals surface area contributed by atoms with Crippen LogP contribution in [0, 0.1) is 0 Å². The first-order valence-corrected chi connectivity index (χ1v) is 9.07.